The Morgan fingerprint density at radius 3 is 1.04 bits per heavy atom. The van der Waals surface area contributed by atoms with Crippen molar-refractivity contribution in [1.82, 2.24) is 5.32 Å². The van der Waals surface area contributed by atoms with Gasteiger partial charge in [-0.15, -0.1) is 0 Å². The number of rotatable bonds is 63. The number of likely N-dealkylation sites (N-methyl/N-ethyl adjacent to an activating group) is 1. The van der Waals surface area contributed by atoms with Crippen LogP contribution in [0.3, 0.4) is 0 Å². The molecular formula is C68H134N2O6P+. The average Bonchev–Trinajstić information content (AvgIpc) is 3.39. The maximum absolute atomic E-state index is 13.0. The molecule has 77 heavy (non-hydrogen) atoms. The molecule has 3 N–H and O–H groups in total. The number of nitrogens with one attached hydrogen (secondary N) is 1. The van der Waals surface area contributed by atoms with Crippen molar-refractivity contribution in [1.29, 1.82) is 0 Å². The van der Waals surface area contributed by atoms with Crippen LogP contribution in [0.1, 0.15) is 341 Å². The first-order chi connectivity index (χ1) is 37.5. The molecule has 8 nitrogen and oxygen atoms in total. The number of hydrogen-bond acceptors (Lipinski definition) is 5. The number of carbonyl (C=O) groups is 1. The average molecular weight is 1110 g/mol. The maximum atomic E-state index is 13.0. The fraction of sp³-hybridized carbons (Fsp3) is 0.897. The SMILES string of the molecule is CCCCCCC/C=C/CC/C=C/CC/C=C/C(O)C(COP(=O)(O)OCC[N+](C)(C)C)NC(=O)CCCCCCCCCCCCCCCCCCCCCCCCCCCCCCCCCCCCCCCCCC. The summed E-state index contributed by atoms with van der Waals surface area (Å²) in [5.41, 5.74) is 0. The van der Waals surface area contributed by atoms with E-state index in [-0.39, 0.29) is 19.1 Å². The normalized spacial score (nSPS) is 13.9. The van der Waals surface area contributed by atoms with E-state index in [1.165, 1.54) is 276 Å². The number of phosphoric ester groups is 1. The molecule has 3 unspecified atom stereocenters. The summed E-state index contributed by atoms with van der Waals surface area (Å²) >= 11 is 0. The minimum absolute atomic E-state index is 0.0550. The van der Waals surface area contributed by atoms with E-state index in [9.17, 15) is 19.4 Å². The van der Waals surface area contributed by atoms with Gasteiger partial charge in [0.25, 0.3) is 0 Å². The van der Waals surface area contributed by atoms with E-state index in [2.05, 4.69) is 43.5 Å². The summed E-state index contributed by atoms with van der Waals surface area (Å²) in [5.74, 6) is -0.185. The number of phosphoric acid groups is 1. The first kappa shape index (κ1) is 75.7. The summed E-state index contributed by atoms with van der Waals surface area (Å²) in [6, 6.07) is -0.868. The minimum atomic E-state index is -4.36. The number of nitrogens with zero attached hydrogens (tertiary/aromatic N) is 1. The third-order valence-corrected chi connectivity index (χ3v) is 16.6. The van der Waals surface area contributed by atoms with Crippen molar-refractivity contribution in [3.05, 3.63) is 36.5 Å². The lowest BCUT2D eigenvalue weighted by Gasteiger charge is -2.25. The number of aliphatic hydroxyl groups is 1. The minimum Gasteiger partial charge on any atom is -0.387 e. The topological polar surface area (TPSA) is 105 Å². The second-order valence-corrected chi connectivity index (χ2v) is 26.0. The van der Waals surface area contributed by atoms with Gasteiger partial charge in [0, 0.05) is 6.42 Å². The lowest BCUT2D eigenvalue weighted by Crippen LogP contribution is -2.45. The number of unbranched alkanes of at least 4 members (excludes halogenated alkanes) is 46. The Bertz CT molecular complexity index is 1350. The molecule has 0 spiro atoms. The predicted molar refractivity (Wildman–Crippen MR) is 337 cm³/mol. The van der Waals surface area contributed by atoms with Crippen molar-refractivity contribution in [3.8, 4) is 0 Å². The highest BCUT2D eigenvalue weighted by Gasteiger charge is 2.28. The Labute approximate surface area is 480 Å². The van der Waals surface area contributed by atoms with Crippen molar-refractivity contribution < 1.29 is 32.9 Å². The van der Waals surface area contributed by atoms with E-state index in [4.69, 9.17) is 9.05 Å². The van der Waals surface area contributed by atoms with Crippen LogP contribution in [0.15, 0.2) is 36.5 Å². The summed E-state index contributed by atoms with van der Waals surface area (Å²) < 4.78 is 23.7. The van der Waals surface area contributed by atoms with Gasteiger partial charge >= 0.3 is 7.82 Å². The van der Waals surface area contributed by atoms with Gasteiger partial charge in [-0.3, -0.25) is 13.8 Å². The van der Waals surface area contributed by atoms with Crippen molar-refractivity contribution in [2.45, 2.75) is 353 Å². The van der Waals surface area contributed by atoms with Crippen molar-refractivity contribution in [3.63, 3.8) is 0 Å². The molecule has 1 amide bonds. The highest BCUT2D eigenvalue weighted by Crippen LogP contribution is 2.43. The molecule has 0 saturated carbocycles. The maximum Gasteiger partial charge on any atom is 0.472 e. The number of hydrogen-bond donors (Lipinski definition) is 3. The van der Waals surface area contributed by atoms with Crippen LogP contribution >= 0.6 is 7.82 Å². The lowest BCUT2D eigenvalue weighted by molar-refractivity contribution is -0.870. The van der Waals surface area contributed by atoms with Crippen LogP contribution in [0.4, 0.5) is 0 Å². The van der Waals surface area contributed by atoms with Crippen LogP contribution in [0.2, 0.25) is 0 Å². The molecule has 0 rings (SSSR count). The van der Waals surface area contributed by atoms with Crippen molar-refractivity contribution in [2.75, 3.05) is 40.9 Å². The highest BCUT2D eigenvalue weighted by atomic mass is 31.2. The molecular weight excluding hydrogens is 972 g/mol. The third-order valence-electron chi connectivity index (χ3n) is 15.6. The summed E-state index contributed by atoms with van der Waals surface area (Å²) in [5, 5.41) is 13.9. The van der Waals surface area contributed by atoms with Crippen molar-refractivity contribution >= 4 is 13.7 Å². The Hall–Kier alpha value is -1.28. The molecule has 0 aliphatic rings. The quantitative estimate of drug-likeness (QED) is 0.0243. The van der Waals surface area contributed by atoms with Gasteiger partial charge < -0.3 is 19.8 Å². The van der Waals surface area contributed by atoms with E-state index in [1.807, 2.05) is 27.2 Å². The zero-order valence-electron chi connectivity index (χ0n) is 52.2. The van der Waals surface area contributed by atoms with Gasteiger partial charge in [-0.05, 0) is 44.9 Å². The third kappa shape index (κ3) is 62.2. The summed E-state index contributed by atoms with van der Waals surface area (Å²) in [7, 11) is 1.56. The molecule has 0 fully saturated rings. The molecule has 0 heterocycles. The smallest absolute Gasteiger partial charge is 0.387 e. The van der Waals surface area contributed by atoms with Crippen LogP contribution < -0.4 is 5.32 Å². The van der Waals surface area contributed by atoms with Gasteiger partial charge in [-0.2, -0.15) is 0 Å². The van der Waals surface area contributed by atoms with Gasteiger partial charge in [0.15, 0.2) is 0 Å². The number of allylic oxidation sites excluding steroid dienone is 5. The summed E-state index contributed by atoms with van der Waals surface area (Å²) in [6.07, 6.45) is 78.9. The van der Waals surface area contributed by atoms with Crippen LogP contribution in [0.25, 0.3) is 0 Å². The molecule has 0 radical (unpaired) electrons. The fourth-order valence-corrected chi connectivity index (χ4v) is 11.1. The zero-order valence-corrected chi connectivity index (χ0v) is 53.1. The molecule has 0 aromatic rings. The molecule has 0 aromatic heterocycles. The summed E-state index contributed by atoms with van der Waals surface area (Å²) in [4.78, 5) is 23.3. The Morgan fingerprint density at radius 1 is 0.429 bits per heavy atom. The predicted octanol–water partition coefficient (Wildman–Crippen LogP) is 21.3. The highest BCUT2D eigenvalue weighted by molar-refractivity contribution is 7.47. The Morgan fingerprint density at radius 2 is 0.714 bits per heavy atom. The van der Waals surface area contributed by atoms with Gasteiger partial charge in [-0.1, -0.05) is 326 Å². The number of aliphatic hydroxyl groups excluding tert-OH is 1. The van der Waals surface area contributed by atoms with Gasteiger partial charge in [-0.25, -0.2) is 4.57 Å². The number of quaternary nitrogens is 1. The van der Waals surface area contributed by atoms with Crippen LogP contribution in [0.5, 0.6) is 0 Å². The Balaban J connectivity index is 3.87. The van der Waals surface area contributed by atoms with Crippen LogP contribution in [-0.2, 0) is 18.4 Å². The van der Waals surface area contributed by atoms with E-state index >= 15 is 0 Å². The second-order valence-electron chi connectivity index (χ2n) is 24.5. The second kappa shape index (κ2) is 59.3. The molecule has 456 valence electrons. The van der Waals surface area contributed by atoms with E-state index in [0.29, 0.717) is 17.4 Å². The number of carbonyl (C=O) groups excluding carboxylic acids is 1. The molecule has 9 heteroatoms. The first-order valence-corrected chi connectivity index (χ1v) is 35.4. The van der Waals surface area contributed by atoms with E-state index < -0.39 is 20.0 Å². The molecule has 0 aromatic carbocycles. The molecule has 0 aliphatic carbocycles. The fourth-order valence-electron chi connectivity index (χ4n) is 10.3. The molecule has 0 aliphatic heterocycles. The Kier molecular flexibility index (Phi) is 58.4. The van der Waals surface area contributed by atoms with E-state index in [1.54, 1.807) is 6.08 Å². The zero-order chi connectivity index (χ0) is 56.3. The summed E-state index contributed by atoms with van der Waals surface area (Å²) in [6.45, 7) is 4.81. The lowest BCUT2D eigenvalue weighted by atomic mass is 10.0. The van der Waals surface area contributed by atoms with Gasteiger partial charge in [0.2, 0.25) is 5.91 Å². The molecule has 0 saturated heterocycles. The molecule has 0 bridgehead atoms. The van der Waals surface area contributed by atoms with Gasteiger partial charge in [0.05, 0.1) is 39.9 Å². The monoisotopic (exact) mass is 1110 g/mol. The van der Waals surface area contributed by atoms with Crippen LogP contribution in [-0.4, -0.2) is 73.4 Å². The first-order valence-electron chi connectivity index (χ1n) is 33.9. The molecule has 3 atom stereocenters. The van der Waals surface area contributed by atoms with Crippen LogP contribution in [0, 0.1) is 0 Å². The number of amides is 1. The van der Waals surface area contributed by atoms with E-state index in [0.717, 1.165) is 44.9 Å². The van der Waals surface area contributed by atoms with Gasteiger partial charge in [0.1, 0.15) is 13.2 Å². The van der Waals surface area contributed by atoms with Crippen molar-refractivity contribution in [2.24, 2.45) is 0 Å². The standard InChI is InChI=1S/C68H133N2O6P/c1-6-8-10-12-14-16-18-20-22-23-24-25-26-27-28-29-30-31-32-33-34-35-36-37-38-39-40-41-42-43-44-45-46-48-50-52-54-56-58-60-62-68(72)69-66(65-76-77(73,74)75-64-63-70(3,4)5)67(71)61-59-57-55-53-51-49-47-21-19-17-15-13-11-9-7-2/h19,21,51,53,59,61,66-67,71H,6-18,20,22-50,52,54-58,60,62-65H2,1-5H3,(H-,69,72,73,74)/p+1/b21-19+,53-51+,61-59+. The largest absolute Gasteiger partial charge is 0.472 e.